The molecule has 3 aromatic rings. The van der Waals surface area contributed by atoms with Crippen molar-refractivity contribution in [3.05, 3.63) is 41.3 Å². The molecule has 2 aromatic heterocycles. The first-order valence-electron chi connectivity index (χ1n) is 10.7. The molecule has 170 valence electrons. The van der Waals surface area contributed by atoms with Gasteiger partial charge in [0, 0.05) is 23.2 Å². The van der Waals surface area contributed by atoms with Gasteiger partial charge in [-0.25, -0.2) is 13.8 Å². The molecule has 0 aliphatic heterocycles. The number of nitrogens with one attached hydrogen (secondary N) is 2. The molecule has 32 heavy (non-hydrogen) atoms. The van der Waals surface area contributed by atoms with E-state index in [0.29, 0.717) is 5.69 Å². The minimum atomic E-state index is -0.798. The van der Waals surface area contributed by atoms with Crippen LogP contribution in [0, 0.1) is 12.7 Å². The summed E-state index contributed by atoms with van der Waals surface area (Å²) in [6, 6.07) is 6.28. The summed E-state index contributed by atoms with van der Waals surface area (Å²) in [4.78, 5) is 16.3. The summed E-state index contributed by atoms with van der Waals surface area (Å²) in [5.74, 6) is -1.31. The Morgan fingerprint density at radius 2 is 2.03 bits per heavy atom. The van der Waals surface area contributed by atoms with Crippen LogP contribution >= 0.6 is 0 Å². The van der Waals surface area contributed by atoms with Crippen LogP contribution in [0.3, 0.4) is 0 Å². The third kappa shape index (κ3) is 4.36. The molecule has 0 saturated heterocycles. The molecule has 2 atom stereocenters. The third-order valence-corrected chi connectivity index (χ3v) is 5.88. The van der Waals surface area contributed by atoms with Crippen molar-refractivity contribution in [1.29, 1.82) is 0 Å². The number of fused-ring (bicyclic) bond motifs is 1. The first kappa shape index (κ1) is 21.9. The summed E-state index contributed by atoms with van der Waals surface area (Å²) in [6.07, 6.45) is 3.74. The van der Waals surface area contributed by atoms with Crippen LogP contribution in [0.5, 0.6) is 0 Å². The first-order chi connectivity index (χ1) is 15.4. The number of primary amides is 1. The zero-order chi connectivity index (χ0) is 22.8. The summed E-state index contributed by atoms with van der Waals surface area (Å²) < 4.78 is 29.1. The van der Waals surface area contributed by atoms with Gasteiger partial charge in [-0.15, -0.1) is 0 Å². The van der Waals surface area contributed by atoms with Crippen LogP contribution in [0.2, 0.25) is 0 Å². The van der Waals surface area contributed by atoms with Crippen LogP contribution in [0.15, 0.2) is 24.3 Å². The number of benzene rings is 1. The van der Waals surface area contributed by atoms with E-state index in [1.54, 1.807) is 16.8 Å². The number of aryl methyl sites for hydroxylation is 2. The maximum atomic E-state index is 14.7. The smallest absolute Gasteiger partial charge is 0.252 e. The molecule has 0 radical (unpaired) electrons. The molecule has 2 heterocycles. The second kappa shape index (κ2) is 9.07. The van der Waals surface area contributed by atoms with E-state index in [9.17, 15) is 13.6 Å². The van der Waals surface area contributed by atoms with Crippen LogP contribution in [0.25, 0.3) is 10.9 Å². The van der Waals surface area contributed by atoms with Crippen LogP contribution in [-0.4, -0.2) is 39.4 Å². The van der Waals surface area contributed by atoms with Gasteiger partial charge in [0.1, 0.15) is 12.5 Å². The average Bonchev–Trinajstić information content (AvgIpc) is 3.07. The largest absolute Gasteiger partial charge is 0.365 e. The second-order valence-corrected chi connectivity index (χ2v) is 8.13. The van der Waals surface area contributed by atoms with Gasteiger partial charge in [-0.3, -0.25) is 9.48 Å². The highest BCUT2D eigenvalue weighted by atomic mass is 19.1. The topological polar surface area (TPSA) is 124 Å². The molecule has 0 spiro atoms. The maximum absolute atomic E-state index is 14.7. The van der Waals surface area contributed by atoms with Gasteiger partial charge >= 0.3 is 0 Å². The summed E-state index contributed by atoms with van der Waals surface area (Å²) in [5, 5.41) is 11.4. The number of aromatic nitrogens is 3. The summed E-state index contributed by atoms with van der Waals surface area (Å²) in [5.41, 5.74) is 13.7. The molecule has 1 saturated carbocycles. The van der Waals surface area contributed by atoms with Crippen molar-refractivity contribution in [1.82, 2.24) is 14.8 Å². The lowest BCUT2D eigenvalue weighted by atomic mass is 9.91. The molecular formula is C22H27F2N7O. The van der Waals surface area contributed by atoms with Crippen molar-refractivity contribution < 1.29 is 13.6 Å². The average molecular weight is 444 g/mol. The van der Waals surface area contributed by atoms with E-state index in [4.69, 9.17) is 11.5 Å². The number of rotatable bonds is 7. The van der Waals surface area contributed by atoms with E-state index >= 15 is 0 Å². The van der Waals surface area contributed by atoms with E-state index in [2.05, 4.69) is 20.7 Å². The highest BCUT2D eigenvalue weighted by molar-refractivity contribution is 5.99. The molecule has 4 rings (SSSR count). The normalized spacial score (nSPS) is 18.6. The van der Waals surface area contributed by atoms with Crippen molar-refractivity contribution in [2.75, 3.05) is 17.3 Å². The van der Waals surface area contributed by atoms with Crippen LogP contribution in [0.1, 0.15) is 41.7 Å². The van der Waals surface area contributed by atoms with Gasteiger partial charge in [-0.2, -0.15) is 5.10 Å². The summed E-state index contributed by atoms with van der Waals surface area (Å²) >= 11 is 0. The van der Waals surface area contributed by atoms with Crippen molar-refractivity contribution >= 4 is 34.1 Å². The summed E-state index contributed by atoms with van der Waals surface area (Å²) in [7, 11) is 0. The number of nitrogens with zero attached hydrogens (tertiary/aromatic N) is 3. The number of nitrogens with two attached hydrogens (primary N) is 2. The number of hydrogen-bond donors (Lipinski definition) is 4. The molecule has 2 unspecified atom stereocenters. The number of amides is 1. The Morgan fingerprint density at radius 1 is 1.25 bits per heavy atom. The third-order valence-electron chi connectivity index (χ3n) is 5.88. The Morgan fingerprint density at radius 3 is 2.75 bits per heavy atom. The summed E-state index contributed by atoms with van der Waals surface area (Å²) in [6.45, 7) is 1.49. The van der Waals surface area contributed by atoms with Crippen LogP contribution < -0.4 is 22.1 Å². The molecular weight excluding hydrogens is 416 g/mol. The van der Waals surface area contributed by atoms with Gasteiger partial charge in [0.2, 0.25) is 0 Å². The molecule has 1 aromatic carbocycles. The fraction of sp³-hybridized carbons (Fsp3) is 0.409. The zero-order valence-electron chi connectivity index (χ0n) is 17.9. The van der Waals surface area contributed by atoms with E-state index in [1.807, 2.05) is 13.0 Å². The first-order valence-corrected chi connectivity index (χ1v) is 10.7. The molecule has 10 heteroatoms. The Hall–Kier alpha value is -3.27. The fourth-order valence-electron chi connectivity index (χ4n) is 4.19. The van der Waals surface area contributed by atoms with E-state index in [0.717, 1.165) is 48.3 Å². The minimum absolute atomic E-state index is 0.0212. The van der Waals surface area contributed by atoms with Gasteiger partial charge in [0.25, 0.3) is 5.91 Å². The maximum Gasteiger partial charge on any atom is 0.252 e. The quantitative estimate of drug-likeness (QED) is 0.444. The fourth-order valence-corrected chi connectivity index (χ4v) is 4.19. The van der Waals surface area contributed by atoms with Crippen LogP contribution in [-0.2, 0) is 6.54 Å². The lowest BCUT2D eigenvalue weighted by molar-refractivity contribution is 0.100. The Balaban J connectivity index is 1.67. The highest BCUT2D eigenvalue weighted by Gasteiger charge is 2.24. The monoisotopic (exact) mass is 443 g/mol. The molecule has 1 amide bonds. The minimum Gasteiger partial charge on any atom is -0.365 e. The number of hydrogen-bond acceptors (Lipinski definition) is 6. The molecule has 8 nitrogen and oxygen atoms in total. The lowest BCUT2D eigenvalue weighted by Gasteiger charge is -2.30. The van der Waals surface area contributed by atoms with Gasteiger partial charge in [-0.1, -0.05) is 12.8 Å². The van der Waals surface area contributed by atoms with Gasteiger partial charge in [0.05, 0.1) is 23.3 Å². The number of carbonyl (C=O) groups is 1. The molecule has 1 fully saturated rings. The lowest BCUT2D eigenvalue weighted by Crippen LogP contribution is -2.43. The number of carbonyl (C=O) groups excluding carboxylic acids is 1. The SMILES string of the molecule is Cc1nn(CCF)c2ccc(Nc3nc(NC4CCCCC4N)c(F)cc3C(N)=O)cc12. The number of anilines is 3. The second-order valence-electron chi connectivity index (χ2n) is 8.13. The van der Waals surface area contributed by atoms with Crippen molar-refractivity contribution in [2.45, 2.75) is 51.2 Å². The Kier molecular flexibility index (Phi) is 6.22. The van der Waals surface area contributed by atoms with Gasteiger partial charge in [0.15, 0.2) is 11.6 Å². The molecule has 1 aliphatic carbocycles. The molecule has 0 bridgehead atoms. The van der Waals surface area contributed by atoms with Gasteiger partial charge in [-0.05, 0) is 44.0 Å². The zero-order valence-corrected chi connectivity index (χ0v) is 17.9. The predicted molar refractivity (Wildman–Crippen MR) is 120 cm³/mol. The molecule has 1 aliphatic rings. The number of alkyl halides is 1. The van der Waals surface area contributed by atoms with Crippen LogP contribution in [0.4, 0.5) is 26.1 Å². The van der Waals surface area contributed by atoms with Crippen molar-refractivity contribution in [3.63, 3.8) is 0 Å². The van der Waals surface area contributed by atoms with Crippen molar-refractivity contribution in [2.24, 2.45) is 11.5 Å². The molecule has 6 N–H and O–H groups in total. The number of halogens is 2. The highest BCUT2D eigenvalue weighted by Crippen LogP contribution is 2.29. The number of pyridine rings is 1. The predicted octanol–water partition coefficient (Wildman–Crippen LogP) is 3.37. The standard InChI is InChI=1S/C22H27F2N7O/c1-12-14-10-13(6-7-19(14)31(30-12)9-8-23)27-21-15(20(26)32)11-16(24)22(29-21)28-18-5-3-2-4-17(18)25/h6-7,10-11,17-18H,2-5,8-9,25H2,1H3,(H2,26,32)(H2,27,28,29). The Labute approximate surface area is 184 Å². The Bertz CT molecular complexity index is 1150. The van der Waals surface area contributed by atoms with E-state index in [1.165, 1.54) is 0 Å². The van der Waals surface area contributed by atoms with Crippen molar-refractivity contribution in [3.8, 4) is 0 Å². The van der Waals surface area contributed by atoms with E-state index in [-0.39, 0.29) is 35.8 Å². The van der Waals surface area contributed by atoms with E-state index < -0.39 is 18.4 Å². The van der Waals surface area contributed by atoms with Gasteiger partial charge < -0.3 is 22.1 Å².